The average molecular weight is 465 g/mol. The molecule has 0 amide bonds. The molecule has 1 saturated heterocycles. The minimum absolute atomic E-state index is 0.188. The maximum Gasteiger partial charge on any atom is 0.262 e. The fourth-order valence-corrected chi connectivity index (χ4v) is 5.07. The second-order valence-electron chi connectivity index (χ2n) is 7.47. The first-order chi connectivity index (χ1) is 15.3. The molecule has 0 unspecified atom stereocenters. The van der Waals surface area contributed by atoms with Gasteiger partial charge in [0.15, 0.2) is 0 Å². The van der Waals surface area contributed by atoms with E-state index < -0.39 is 10.0 Å². The Balaban J connectivity index is 2.04. The quantitative estimate of drug-likeness (QED) is 0.605. The summed E-state index contributed by atoms with van der Waals surface area (Å²) in [5.41, 5.74) is 2.52. The van der Waals surface area contributed by atoms with E-state index in [1.165, 1.54) is 0 Å². The van der Waals surface area contributed by atoms with E-state index in [1.54, 1.807) is 32.2 Å². The van der Waals surface area contributed by atoms with Gasteiger partial charge in [0.25, 0.3) is 10.0 Å². The molecule has 1 aliphatic rings. The summed E-state index contributed by atoms with van der Waals surface area (Å²) in [4.78, 5) is 2.35. The Labute approximate surface area is 190 Å². The van der Waals surface area contributed by atoms with E-state index >= 15 is 0 Å². The number of ether oxygens (including phenoxy) is 4. The SMILES string of the molecule is CCOc1cc(N2CCOCC2)c(OCC)cc1NS(=O)(=O)c1cc(C)c(OC)cc1C. The normalized spacial score (nSPS) is 14.2. The van der Waals surface area contributed by atoms with Gasteiger partial charge >= 0.3 is 0 Å². The molecule has 32 heavy (non-hydrogen) atoms. The van der Waals surface area contributed by atoms with Crippen LogP contribution >= 0.6 is 0 Å². The van der Waals surface area contributed by atoms with Crippen LogP contribution in [-0.2, 0) is 14.8 Å². The summed E-state index contributed by atoms with van der Waals surface area (Å²) >= 11 is 0. The van der Waals surface area contributed by atoms with Crippen LogP contribution in [0.25, 0.3) is 0 Å². The van der Waals surface area contributed by atoms with E-state index in [9.17, 15) is 8.42 Å². The van der Waals surface area contributed by atoms with Crippen molar-refractivity contribution in [1.82, 2.24) is 0 Å². The molecule has 0 aliphatic carbocycles. The van der Waals surface area contributed by atoms with E-state index in [-0.39, 0.29) is 4.90 Å². The van der Waals surface area contributed by atoms with Crippen LogP contribution in [0.3, 0.4) is 0 Å². The molecule has 176 valence electrons. The summed E-state index contributed by atoms with van der Waals surface area (Å²) in [5.74, 6) is 1.69. The summed E-state index contributed by atoms with van der Waals surface area (Å²) in [5, 5.41) is 0. The van der Waals surface area contributed by atoms with Crippen molar-refractivity contribution in [2.75, 3.05) is 56.2 Å². The highest BCUT2D eigenvalue weighted by Gasteiger charge is 2.24. The lowest BCUT2D eigenvalue weighted by Crippen LogP contribution is -2.36. The van der Waals surface area contributed by atoms with Gasteiger partial charge in [-0.3, -0.25) is 4.72 Å². The molecule has 0 saturated carbocycles. The summed E-state index contributed by atoms with van der Waals surface area (Å²) in [6.45, 7) is 10.9. The third-order valence-electron chi connectivity index (χ3n) is 5.24. The van der Waals surface area contributed by atoms with Gasteiger partial charge in [-0.1, -0.05) is 0 Å². The first kappa shape index (κ1) is 24.0. The van der Waals surface area contributed by atoms with Gasteiger partial charge in [-0.25, -0.2) is 8.42 Å². The summed E-state index contributed by atoms with van der Waals surface area (Å²) in [6, 6.07) is 6.87. The van der Waals surface area contributed by atoms with Crippen molar-refractivity contribution in [1.29, 1.82) is 0 Å². The first-order valence-corrected chi connectivity index (χ1v) is 12.2. The van der Waals surface area contributed by atoms with Crippen LogP contribution < -0.4 is 23.8 Å². The Morgan fingerprint density at radius 2 is 1.59 bits per heavy atom. The van der Waals surface area contributed by atoms with E-state index in [0.29, 0.717) is 54.9 Å². The van der Waals surface area contributed by atoms with Crippen LogP contribution in [0.2, 0.25) is 0 Å². The number of nitrogens with zero attached hydrogens (tertiary/aromatic N) is 1. The van der Waals surface area contributed by atoms with Crippen molar-refractivity contribution in [3.63, 3.8) is 0 Å². The fraction of sp³-hybridized carbons (Fsp3) is 0.478. The van der Waals surface area contributed by atoms with Gasteiger partial charge in [0.1, 0.15) is 17.2 Å². The molecular formula is C23H32N2O6S. The van der Waals surface area contributed by atoms with Crippen molar-refractivity contribution in [2.45, 2.75) is 32.6 Å². The molecule has 0 spiro atoms. The number of methoxy groups -OCH3 is 1. The molecule has 1 aliphatic heterocycles. The van der Waals surface area contributed by atoms with Crippen molar-refractivity contribution < 1.29 is 27.4 Å². The fourth-order valence-electron chi connectivity index (χ4n) is 3.70. The lowest BCUT2D eigenvalue weighted by atomic mass is 10.1. The maximum absolute atomic E-state index is 13.3. The number of nitrogens with one attached hydrogen (secondary N) is 1. The summed E-state index contributed by atoms with van der Waals surface area (Å²) < 4.78 is 51.8. The second-order valence-corrected chi connectivity index (χ2v) is 9.13. The number of benzene rings is 2. The predicted molar refractivity (Wildman–Crippen MR) is 125 cm³/mol. The van der Waals surface area contributed by atoms with Crippen LogP contribution in [0.1, 0.15) is 25.0 Å². The zero-order chi connectivity index (χ0) is 23.3. The van der Waals surface area contributed by atoms with Gasteiger partial charge in [0.2, 0.25) is 0 Å². The largest absolute Gasteiger partial charge is 0.496 e. The van der Waals surface area contributed by atoms with Gasteiger partial charge in [-0.15, -0.1) is 0 Å². The molecule has 0 atom stereocenters. The minimum atomic E-state index is -3.88. The highest BCUT2D eigenvalue weighted by atomic mass is 32.2. The standard InChI is InChI=1S/C23H32N2O6S/c1-6-30-21-15-19(25-8-10-29-11-9-25)22(31-7-2)14-18(21)24-32(26,27)23-13-16(3)20(28-5)12-17(23)4/h12-15,24H,6-11H2,1-5H3. The minimum Gasteiger partial charge on any atom is -0.496 e. The van der Waals surface area contributed by atoms with E-state index in [4.69, 9.17) is 18.9 Å². The number of aryl methyl sites for hydroxylation is 2. The molecule has 8 nitrogen and oxygen atoms in total. The van der Waals surface area contributed by atoms with E-state index in [2.05, 4.69) is 9.62 Å². The highest BCUT2D eigenvalue weighted by Crippen LogP contribution is 2.40. The second kappa shape index (κ2) is 10.3. The van der Waals surface area contributed by atoms with Gasteiger partial charge < -0.3 is 23.8 Å². The zero-order valence-corrected chi connectivity index (χ0v) is 20.2. The van der Waals surface area contributed by atoms with Crippen LogP contribution in [0.15, 0.2) is 29.2 Å². The molecule has 1 heterocycles. The Kier molecular flexibility index (Phi) is 7.73. The average Bonchev–Trinajstić information content (AvgIpc) is 2.77. The van der Waals surface area contributed by atoms with Gasteiger partial charge in [0.05, 0.1) is 49.8 Å². The number of morpholine rings is 1. The van der Waals surface area contributed by atoms with Crippen LogP contribution in [-0.4, -0.2) is 55.0 Å². The third-order valence-corrected chi connectivity index (χ3v) is 6.75. The Bertz CT molecular complexity index is 1050. The maximum atomic E-state index is 13.3. The monoisotopic (exact) mass is 464 g/mol. The molecular weight excluding hydrogens is 432 g/mol. The molecule has 0 aromatic heterocycles. The molecule has 9 heteroatoms. The van der Waals surface area contributed by atoms with Crippen molar-refractivity contribution in [3.05, 3.63) is 35.4 Å². The van der Waals surface area contributed by atoms with Gasteiger partial charge in [-0.2, -0.15) is 0 Å². The van der Waals surface area contributed by atoms with Crippen molar-refractivity contribution in [2.24, 2.45) is 0 Å². The third kappa shape index (κ3) is 5.21. The zero-order valence-electron chi connectivity index (χ0n) is 19.4. The lowest BCUT2D eigenvalue weighted by Gasteiger charge is -2.31. The molecule has 3 rings (SSSR count). The number of hydrogen-bond donors (Lipinski definition) is 1. The topological polar surface area (TPSA) is 86.3 Å². The predicted octanol–water partition coefficient (Wildman–Crippen LogP) is 3.75. The number of anilines is 2. The molecule has 1 N–H and O–H groups in total. The van der Waals surface area contributed by atoms with Crippen molar-refractivity contribution >= 4 is 21.4 Å². The van der Waals surface area contributed by atoms with E-state index in [0.717, 1.165) is 24.3 Å². The van der Waals surface area contributed by atoms with E-state index in [1.807, 2.05) is 26.8 Å². The summed E-state index contributed by atoms with van der Waals surface area (Å²) in [6.07, 6.45) is 0. The lowest BCUT2D eigenvalue weighted by molar-refractivity contribution is 0.122. The van der Waals surface area contributed by atoms with Crippen LogP contribution in [0, 0.1) is 13.8 Å². The van der Waals surface area contributed by atoms with Crippen LogP contribution in [0.5, 0.6) is 17.2 Å². The van der Waals surface area contributed by atoms with Gasteiger partial charge in [0, 0.05) is 25.2 Å². The van der Waals surface area contributed by atoms with Crippen LogP contribution in [0.4, 0.5) is 11.4 Å². The Morgan fingerprint density at radius 3 is 2.22 bits per heavy atom. The molecule has 0 bridgehead atoms. The molecule has 2 aromatic rings. The smallest absolute Gasteiger partial charge is 0.262 e. The molecule has 1 fully saturated rings. The summed E-state index contributed by atoms with van der Waals surface area (Å²) in [7, 11) is -2.31. The first-order valence-electron chi connectivity index (χ1n) is 10.7. The number of sulfonamides is 1. The Morgan fingerprint density at radius 1 is 0.938 bits per heavy atom. The number of rotatable bonds is 9. The van der Waals surface area contributed by atoms with Gasteiger partial charge in [-0.05, 0) is 51.0 Å². The number of hydrogen-bond acceptors (Lipinski definition) is 7. The highest BCUT2D eigenvalue weighted by molar-refractivity contribution is 7.92. The van der Waals surface area contributed by atoms with Crippen molar-refractivity contribution in [3.8, 4) is 17.2 Å². The Hall–Kier alpha value is -2.65. The molecule has 0 radical (unpaired) electrons. The molecule has 2 aromatic carbocycles.